The maximum Gasteiger partial charge on any atom is 0.255 e. The second kappa shape index (κ2) is 6.83. The third kappa shape index (κ3) is 3.32. The fourth-order valence-electron chi connectivity index (χ4n) is 4.48. The number of aromatic nitrogens is 1. The number of likely N-dealkylation sites (tertiary alicyclic amines) is 1. The smallest absolute Gasteiger partial charge is 0.255 e. The van der Waals surface area contributed by atoms with Crippen LogP contribution in [0.15, 0.2) is 6.07 Å². The second-order valence-electron chi connectivity index (χ2n) is 7.67. The zero-order valence-corrected chi connectivity index (χ0v) is 15.3. The van der Waals surface area contributed by atoms with Crippen molar-refractivity contribution in [3.63, 3.8) is 0 Å². The van der Waals surface area contributed by atoms with E-state index >= 15 is 0 Å². The Morgan fingerprint density at radius 2 is 1.88 bits per heavy atom. The lowest BCUT2D eigenvalue weighted by molar-refractivity contribution is -0.140. The van der Waals surface area contributed by atoms with Gasteiger partial charge in [-0.15, -0.1) is 0 Å². The first-order valence-electron chi connectivity index (χ1n) is 9.33. The summed E-state index contributed by atoms with van der Waals surface area (Å²) in [6.45, 7) is 4.57. The van der Waals surface area contributed by atoms with Crippen molar-refractivity contribution in [3.05, 3.63) is 23.0 Å². The van der Waals surface area contributed by atoms with Gasteiger partial charge >= 0.3 is 0 Å². The van der Waals surface area contributed by atoms with Gasteiger partial charge in [0.05, 0.1) is 12.1 Å². The van der Waals surface area contributed by atoms with Crippen molar-refractivity contribution in [1.82, 2.24) is 9.47 Å². The summed E-state index contributed by atoms with van der Waals surface area (Å²) in [5.41, 5.74) is 6.49. The van der Waals surface area contributed by atoms with E-state index in [4.69, 9.17) is 5.73 Å². The Hall–Kier alpha value is -1.82. The van der Waals surface area contributed by atoms with Crippen molar-refractivity contribution in [3.8, 4) is 0 Å². The summed E-state index contributed by atoms with van der Waals surface area (Å²) in [6.07, 6.45) is 6.98. The molecule has 1 atom stereocenters. The fourth-order valence-corrected chi connectivity index (χ4v) is 4.48. The van der Waals surface area contributed by atoms with Crippen molar-refractivity contribution >= 4 is 11.8 Å². The lowest BCUT2D eigenvalue weighted by Gasteiger charge is -2.37. The summed E-state index contributed by atoms with van der Waals surface area (Å²) in [4.78, 5) is 26.1. The Bertz CT molecular complexity index is 676. The number of piperidine rings is 1. The molecular weight excluding hydrogens is 318 g/mol. The number of nitrogens with zero attached hydrogens (tertiary/aromatic N) is 2. The zero-order valence-electron chi connectivity index (χ0n) is 15.3. The third-order valence-electron chi connectivity index (χ3n) is 5.87. The largest absolute Gasteiger partial charge is 0.378 e. The highest BCUT2D eigenvalue weighted by Crippen LogP contribution is 2.33. The van der Waals surface area contributed by atoms with Crippen molar-refractivity contribution in [2.24, 2.45) is 5.73 Å². The van der Waals surface area contributed by atoms with Gasteiger partial charge in [0.2, 0.25) is 0 Å². The van der Waals surface area contributed by atoms with Gasteiger partial charge < -0.3 is 20.3 Å². The maximum absolute atomic E-state index is 13.0. The quantitative estimate of drug-likeness (QED) is 0.877. The summed E-state index contributed by atoms with van der Waals surface area (Å²) < 4.78 is 2.30. The SMILES string of the molecule is Cc1cc(C(=O)N2CCCC(O)(C(N)=O)C2)c(C)n1C1CCCCC1. The summed E-state index contributed by atoms with van der Waals surface area (Å²) in [5, 5.41) is 10.4. The molecule has 3 N–H and O–H groups in total. The Morgan fingerprint density at radius 3 is 2.52 bits per heavy atom. The summed E-state index contributed by atoms with van der Waals surface area (Å²) in [7, 11) is 0. The number of carbonyl (C=O) groups excluding carboxylic acids is 2. The normalized spacial score (nSPS) is 25.2. The predicted octanol–water partition coefficient (Wildman–Crippen LogP) is 2.06. The molecule has 6 nitrogen and oxygen atoms in total. The number of carbonyl (C=O) groups is 2. The van der Waals surface area contributed by atoms with Gasteiger partial charge in [-0.2, -0.15) is 0 Å². The van der Waals surface area contributed by atoms with Crippen molar-refractivity contribution in [2.75, 3.05) is 13.1 Å². The Kier molecular flexibility index (Phi) is 4.91. The van der Waals surface area contributed by atoms with Gasteiger partial charge in [0.25, 0.3) is 11.8 Å². The van der Waals surface area contributed by atoms with Gasteiger partial charge in [-0.1, -0.05) is 19.3 Å². The van der Waals surface area contributed by atoms with Crippen LogP contribution in [0.1, 0.15) is 72.7 Å². The minimum atomic E-state index is -1.61. The van der Waals surface area contributed by atoms with Gasteiger partial charge in [-0.3, -0.25) is 9.59 Å². The van der Waals surface area contributed by atoms with Gasteiger partial charge in [0.1, 0.15) is 0 Å². The van der Waals surface area contributed by atoms with Gasteiger partial charge in [-0.25, -0.2) is 0 Å². The van der Waals surface area contributed by atoms with Gasteiger partial charge in [0, 0.05) is 24.0 Å². The van der Waals surface area contributed by atoms with Crippen molar-refractivity contribution < 1.29 is 14.7 Å². The standard InChI is InChI=1S/C19H29N3O3/c1-13-11-16(14(2)22(13)15-7-4-3-5-8-15)17(23)21-10-6-9-19(25,12-21)18(20)24/h11,15,25H,3-10,12H2,1-2H3,(H2,20,24). The van der Waals surface area contributed by atoms with E-state index in [-0.39, 0.29) is 12.5 Å². The Labute approximate surface area is 149 Å². The first-order chi connectivity index (χ1) is 11.8. The molecule has 2 amide bonds. The first kappa shape index (κ1) is 18.0. The van der Waals surface area contributed by atoms with Crippen LogP contribution in [0.5, 0.6) is 0 Å². The van der Waals surface area contributed by atoms with E-state index < -0.39 is 11.5 Å². The van der Waals surface area contributed by atoms with E-state index in [0.29, 0.717) is 31.0 Å². The van der Waals surface area contributed by atoms with Crippen LogP contribution in [0.4, 0.5) is 0 Å². The minimum Gasteiger partial charge on any atom is -0.378 e. The number of hydrogen-bond acceptors (Lipinski definition) is 3. The molecule has 138 valence electrons. The Balaban J connectivity index is 1.84. The molecule has 0 bridgehead atoms. The van der Waals surface area contributed by atoms with E-state index in [2.05, 4.69) is 4.57 Å². The van der Waals surface area contributed by atoms with Gasteiger partial charge in [0.15, 0.2) is 5.60 Å². The highest BCUT2D eigenvalue weighted by Gasteiger charge is 2.40. The number of aliphatic hydroxyl groups is 1. The van der Waals surface area contributed by atoms with Crippen molar-refractivity contribution in [1.29, 1.82) is 0 Å². The van der Waals surface area contributed by atoms with Crippen LogP contribution in [0.3, 0.4) is 0 Å². The van der Waals surface area contributed by atoms with Gasteiger partial charge in [-0.05, 0) is 45.6 Å². The molecule has 0 aromatic carbocycles. The molecule has 0 spiro atoms. The monoisotopic (exact) mass is 347 g/mol. The molecule has 3 rings (SSSR count). The van der Waals surface area contributed by atoms with Crippen LogP contribution in [0, 0.1) is 13.8 Å². The number of nitrogens with two attached hydrogens (primary N) is 1. The van der Waals surface area contributed by atoms with Crippen LogP contribution >= 0.6 is 0 Å². The molecule has 1 aromatic heterocycles. The number of β-amino-alcohol motifs (C(OH)–C–C–N with tert-alkyl or cyclic N) is 1. The van der Waals surface area contributed by atoms with E-state index in [1.807, 2.05) is 19.9 Å². The fraction of sp³-hybridized carbons (Fsp3) is 0.684. The predicted molar refractivity (Wildman–Crippen MR) is 95.3 cm³/mol. The van der Waals surface area contributed by atoms with Crippen LogP contribution in [-0.4, -0.2) is 45.1 Å². The maximum atomic E-state index is 13.0. The summed E-state index contributed by atoms with van der Waals surface area (Å²) in [6, 6.07) is 2.42. The number of primary amides is 1. The molecule has 1 aromatic rings. The molecular formula is C19H29N3O3. The number of hydrogen-bond donors (Lipinski definition) is 2. The van der Waals surface area contributed by atoms with Crippen LogP contribution in [-0.2, 0) is 4.79 Å². The number of amides is 2. The number of aryl methyl sites for hydroxylation is 1. The van der Waals surface area contributed by atoms with E-state index in [0.717, 1.165) is 24.2 Å². The van der Waals surface area contributed by atoms with Crippen molar-refractivity contribution in [2.45, 2.75) is 70.4 Å². The van der Waals surface area contributed by atoms with E-state index in [9.17, 15) is 14.7 Å². The molecule has 1 saturated carbocycles. The summed E-state index contributed by atoms with van der Waals surface area (Å²) in [5.74, 6) is -0.868. The summed E-state index contributed by atoms with van der Waals surface area (Å²) >= 11 is 0. The highest BCUT2D eigenvalue weighted by molar-refractivity contribution is 5.96. The minimum absolute atomic E-state index is 0.0196. The molecule has 0 radical (unpaired) electrons. The molecule has 2 fully saturated rings. The molecule has 25 heavy (non-hydrogen) atoms. The van der Waals surface area contributed by atoms with Crippen LogP contribution in [0.2, 0.25) is 0 Å². The molecule has 1 aliphatic heterocycles. The third-order valence-corrected chi connectivity index (χ3v) is 5.87. The van der Waals surface area contributed by atoms with Crippen LogP contribution < -0.4 is 5.73 Å². The number of rotatable bonds is 3. The zero-order chi connectivity index (χ0) is 18.2. The molecule has 1 unspecified atom stereocenters. The Morgan fingerprint density at radius 1 is 1.20 bits per heavy atom. The molecule has 6 heteroatoms. The lowest BCUT2D eigenvalue weighted by Crippen LogP contribution is -2.57. The van der Waals surface area contributed by atoms with E-state index in [1.165, 1.54) is 19.3 Å². The van der Waals surface area contributed by atoms with E-state index in [1.54, 1.807) is 4.90 Å². The topological polar surface area (TPSA) is 88.6 Å². The molecule has 1 aliphatic carbocycles. The van der Waals surface area contributed by atoms with Crippen LogP contribution in [0.25, 0.3) is 0 Å². The average Bonchev–Trinajstić information content (AvgIpc) is 2.89. The first-order valence-corrected chi connectivity index (χ1v) is 9.33. The second-order valence-corrected chi connectivity index (χ2v) is 7.67. The lowest BCUT2D eigenvalue weighted by atomic mass is 9.92. The highest BCUT2D eigenvalue weighted by atomic mass is 16.3. The molecule has 2 heterocycles. The average molecular weight is 347 g/mol. The molecule has 2 aliphatic rings. The molecule has 1 saturated heterocycles.